The molecule has 0 radical (unpaired) electrons. The van der Waals surface area contributed by atoms with E-state index in [0.29, 0.717) is 20.0 Å². The fourth-order valence-corrected chi connectivity index (χ4v) is 2.14. The molecule has 0 atom stereocenters. The van der Waals surface area contributed by atoms with E-state index in [-0.39, 0.29) is 0 Å². The van der Waals surface area contributed by atoms with Gasteiger partial charge in [-0.05, 0) is 36.4 Å². The molecule has 0 spiro atoms. The number of rotatable bonds is 7. The average molecular weight is 289 g/mol. The summed E-state index contributed by atoms with van der Waals surface area (Å²) in [6.45, 7) is 5.01. The summed E-state index contributed by atoms with van der Waals surface area (Å²) < 4.78 is 22.0. The van der Waals surface area contributed by atoms with E-state index in [1.165, 1.54) is 0 Å². The van der Waals surface area contributed by atoms with Gasteiger partial charge in [-0.3, -0.25) is 0 Å². The Morgan fingerprint density at radius 1 is 1.05 bits per heavy atom. The van der Waals surface area contributed by atoms with E-state index in [1.807, 2.05) is 30.3 Å². The van der Waals surface area contributed by atoms with Crippen LogP contribution in [0.15, 0.2) is 34.7 Å². The SMILES string of the molecule is CCNCc1ccc(COCc2ccc3c(c2)OCO3)o1. The third-order valence-corrected chi connectivity index (χ3v) is 3.22. The molecule has 112 valence electrons. The summed E-state index contributed by atoms with van der Waals surface area (Å²) in [5, 5.41) is 3.22. The molecule has 0 fully saturated rings. The highest BCUT2D eigenvalue weighted by atomic mass is 16.7. The molecule has 0 saturated carbocycles. The molecule has 1 aromatic heterocycles. The largest absolute Gasteiger partial charge is 0.462 e. The van der Waals surface area contributed by atoms with Gasteiger partial charge < -0.3 is 23.9 Å². The molecule has 1 aromatic carbocycles. The predicted molar refractivity (Wildman–Crippen MR) is 77.1 cm³/mol. The molecule has 2 aromatic rings. The first kappa shape index (κ1) is 14.0. The van der Waals surface area contributed by atoms with Crippen LogP contribution in [0.2, 0.25) is 0 Å². The first-order valence-corrected chi connectivity index (χ1v) is 7.09. The summed E-state index contributed by atoms with van der Waals surface area (Å²) in [7, 11) is 0. The molecular weight excluding hydrogens is 270 g/mol. The highest BCUT2D eigenvalue weighted by Gasteiger charge is 2.13. The molecule has 3 rings (SSSR count). The number of hydrogen-bond acceptors (Lipinski definition) is 5. The van der Waals surface area contributed by atoms with Crippen LogP contribution in [0.4, 0.5) is 0 Å². The van der Waals surface area contributed by atoms with E-state index < -0.39 is 0 Å². The van der Waals surface area contributed by atoms with Gasteiger partial charge in [0.1, 0.15) is 18.1 Å². The highest BCUT2D eigenvalue weighted by molar-refractivity contribution is 5.44. The van der Waals surface area contributed by atoms with Crippen molar-refractivity contribution < 1.29 is 18.6 Å². The first-order chi connectivity index (χ1) is 10.3. The zero-order chi connectivity index (χ0) is 14.5. The van der Waals surface area contributed by atoms with Crippen LogP contribution in [-0.2, 0) is 24.5 Å². The summed E-state index contributed by atoms with van der Waals surface area (Å²) in [4.78, 5) is 0. The zero-order valence-corrected chi connectivity index (χ0v) is 12.1. The number of nitrogens with one attached hydrogen (secondary N) is 1. The standard InChI is InChI=1S/C16H19NO4/c1-2-17-8-13-4-5-14(21-13)10-18-9-12-3-6-15-16(7-12)20-11-19-15/h3-7,17H,2,8-11H2,1H3. The summed E-state index contributed by atoms with van der Waals surface area (Å²) in [6, 6.07) is 9.75. The lowest BCUT2D eigenvalue weighted by Gasteiger charge is -2.04. The smallest absolute Gasteiger partial charge is 0.231 e. The van der Waals surface area contributed by atoms with Crippen LogP contribution >= 0.6 is 0 Å². The van der Waals surface area contributed by atoms with Crippen molar-refractivity contribution in [2.75, 3.05) is 13.3 Å². The van der Waals surface area contributed by atoms with Gasteiger partial charge in [-0.25, -0.2) is 0 Å². The average Bonchev–Trinajstić information content (AvgIpc) is 3.13. The van der Waals surface area contributed by atoms with Crippen molar-refractivity contribution in [2.45, 2.75) is 26.7 Å². The van der Waals surface area contributed by atoms with Gasteiger partial charge in [0.25, 0.3) is 0 Å². The van der Waals surface area contributed by atoms with Crippen molar-refractivity contribution in [1.82, 2.24) is 5.32 Å². The van der Waals surface area contributed by atoms with Crippen molar-refractivity contribution >= 4 is 0 Å². The van der Waals surface area contributed by atoms with Gasteiger partial charge in [-0.2, -0.15) is 0 Å². The molecule has 2 heterocycles. The lowest BCUT2D eigenvalue weighted by atomic mass is 10.2. The van der Waals surface area contributed by atoms with Gasteiger partial charge >= 0.3 is 0 Å². The van der Waals surface area contributed by atoms with Crippen molar-refractivity contribution in [2.24, 2.45) is 0 Å². The Labute approximate surface area is 123 Å². The van der Waals surface area contributed by atoms with Gasteiger partial charge in [0.05, 0.1) is 13.2 Å². The van der Waals surface area contributed by atoms with Gasteiger partial charge in [-0.1, -0.05) is 13.0 Å². The maximum atomic E-state index is 5.67. The molecule has 5 heteroatoms. The van der Waals surface area contributed by atoms with Crippen molar-refractivity contribution in [3.8, 4) is 11.5 Å². The molecule has 0 amide bonds. The molecule has 0 unspecified atom stereocenters. The zero-order valence-electron chi connectivity index (χ0n) is 12.1. The molecule has 1 aliphatic rings. The molecular formula is C16H19NO4. The molecule has 5 nitrogen and oxygen atoms in total. The lowest BCUT2D eigenvalue weighted by molar-refractivity contribution is 0.0918. The van der Waals surface area contributed by atoms with Crippen LogP contribution in [0.3, 0.4) is 0 Å². The van der Waals surface area contributed by atoms with Crippen molar-refractivity contribution in [3.05, 3.63) is 47.4 Å². The van der Waals surface area contributed by atoms with Crippen LogP contribution in [0.5, 0.6) is 11.5 Å². The van der Waals surface area contributed by atoms with Crippen LogP contribution < -0.4 is 14.8 Å². The Morgan fingerprint density at radius 3 is 2.81 bits per heavy atom. The number of benzene rings is 1. The Bertz CT molecular complexity index is 594. The minimum absolute atomic E-state index is 0.292. The number of ether oxygens (including phenoxy) is 3. The second-order valence-electron chi connectivity index (χ2n) is 4.83. The summed E-state index contributed by atoms with van der Waals surface area (Å²) in [5.74, 6) is 3.34. The van der Waals surface area contributed by atoms with Crippen molar-refractivity contribution in [1.29, 1.82) is 0 Å². The first-order valence-electron chi connectivity index (χ1n) is 7.09. The number of furan rings is 1. The van der Waals surface area contributed by atoms with Crippen LogP contribution in [-0.4, -0.2) is 13.3 Å². The van der Waals surface area contributed by atoms with E-state index in [2.05, 4.69) is 12.2 Å². The minimum atomic E-state index is 0.292. The lowest BCUT2D eigenvalue weighted by Crippen LogP contribution is -2.10. The summed E-state index contributed by atoms with van der Waals surface area (Å²) in [5.41, 5.74) is 1.05. The van der Waals surface area contributed by atoms with Crippen LogP contribution in [0.25, 0.3) is 0 Å². The van der Waals surface area contributed by atoms with Gasteiger partial charge in [-0.15, -0.1) is 0 Å². The Kier molecular flexibility index (Phi) is 4.43. The van der Waals surface area contributed by atoms with E-state index in [0.717, 1.165) is 41.7 Å². The van der Waals surface area contributed by atoms with Gasteiger partial charge in [0, 0.05) is 0 Å². The maximum Gasteiger partial charge on any atom is 0.231 e. The fraction of sp³-hybridized carbons (Fsp3) is 0.375. The Balaban J connectivity index is 1.48. The third-order valence-electron chi connectivity index (χ3n) is 3.22. The molecule has 0 saturated heterocycles. The molecule has 0 aliphatic carbocycles. The second-order valence-corrected chi connectivity index (χ2v) is 4.83. The summed E-state index contributed by atoms with van der Waals surface area (Å²) in [6.07, 6.45) is 0. The van der Waals surface area contributed by atoms with E-state index in [1.54, 1.807) is 0 Å². The normalized spacial score (nSPS) is 12.8. The predicted octanol–water partition coefficient (Wildman–Crippen LogP) is 2.83. The third kappa shape index (κ3) is 3.56. The Hall–Kier alpha value is -1.98. The second kappa shape index (κ2) is 6.65. The maximum absolute atomic E-state index is 5.67. The van der Waals surface area contributed by atoms with Crippen molar-refractivity contribution in [3.63, 3.8) is 0 Å². The fourth-order valence-electron chi connectivity index (χ4n) is 2.14. The van der Waals surface area contributed by atoms with Gasteiger partial charge in [0.15, 0.2) is 11.5 Å². The van der Waals surface area contributed by atoms with Crippen LogP contribution in [0, 0.1) is 0 Å². The number of hydrogen-bond donors (Lipinski definition) is 1. The van der Waals surface area contributed by atoms with E-state index >= 15 is 0 Å². The monoisotopic (exact) mass is 289 g/mol. The quantitative estimate of drug-likeness (QED) is 0.849. The van der Waals surface area contributed by atoms with E-state index in [9.17, 15) is 0 Å². The molecule has 1 N–H and O–H groups in total. The van der Waals surface area contributed by atoms with Crippen LogP contribution in [0.1, 0.15) is 24.0 Å². The topological polar surface area (TPSA) is 52.9 Å². The Morgan fingerprint density at radius 2 is 1.90 bits per heavy atom. The van der Waals surface area contributed by atoms with E-state index in [4.69, 9.17) is 18.6 Å². The highest BCUT2D eigenvalue weighted by Crippen LogP contribution is 2.32. The molecule has 1 aliphatic heterocycles. The minimum Gasteiger partial charge on any atom is -0.462 e. The molecule has 0 bridgehead atoms. The van der Waals surface area contributed by atoms with Gasteiger partial charge in [0.2, 0.25) is 6.79 Å². The number of fused-ring (bicyclic) bond motifs is 1. The molecule has 21 heavy (non-hydrogen) atoms. The summed E-state index contributed by atoms with van der Waals surface area (Å²) >= 11 is 0.